The molecule has 12 heavy (non-hydrogen) atoms. The number of cyclic esters (lactones) is 1. The molecule has 1 heterocycles. The fourth-order valence-corrected chi connectivity index (χ4v) is 0.842. The van der Waals surface area contributed by atoms with E-state index in [0.29, 0.717) is 6.42 Å². The molecule has 0 spiro atoms. The molecule has 3 nitrogen and oxygen atoms in total. The first-order valence-electron chi connectivity index (χ1n) is 4.12. The predicted octanol–water partition coefficient (Wildman–Crippen LogP) is 1.47. The molecule has 0 aliphatic carbocycles. The van der Waals surface area contributed by atoms with Crippen LogP contribution < -0.4 is 0 Å². The number of allylic oxidation sites excluding steroid dienone is 1. The monoisotopic (exact) mass is 170 g/mol. The Morgan fingerprint density at radius 2 is 1.92 bits per heavy atom. The van der Waals surface area contributed by atoms with Gasteiger partial charge in [-0.1, -0.05) is 19.9 Å². The highest BCUT2D eigenvalue weighted by atomic mass is 16.5. The van der Waals surface area contributed by atoms with Crippen molar-refractivity contribution in [3.8, 4) is 0 Å². The van der Waals surface area contributed by atoms with Crippen molar-refractivity contribution in [1.29, 1.82) is 0 Å². The maximum absolute atomic E-state index is 10.9. The molecule has 0 unspecified atom stereocenters. The van der Waals surface area contributed by atoms with E-state index in [9.17, 15) is 9.59 Å². The molecule has 1 aliphatic rings. The van der Waals surface area contributed by atoms with E-state index in [1.165, 1.54) is 6.08 Å². The van der Waals surface area contributed by atoms with Gasteiger partial charge in [-0.05, 0) is 6.92 Å². The van der Waals surface area contributed by atoms with Gasteiger partial charge in [-0.3, -0.25) is 4.79 Å². The Hall–Kier alpha value is -1.12. The number of hydrogen-bond acceptors (Lipinski definition) is 3. The van der Waals surface area contributed by atoms with E-state index in [4.69, 9.17) is 0 Å². The van der Waals surface area contributed by atoms with Crippen molar-refractivity contribution in [3.05, 3.63) is 11.6 Å². The molecule has 0 bridgehead atoms. The molecule has 68 valence electrons. The average molecular weight is 170 g/mol. The van der Waals surface area contributed by atoms with Gasteiger partial charge in [0.2, 0.25) is 0 Å². The number of ketones is 1. The summed E-state index contributed by atoms with van der Waals surface area (Å²) in [6, 6.07) is 0. The second-order valence-corrected chi connectivity index (χ2v) is 2.01. The zero-order chi connectivity index (χ0) is 9.56. The zero-order valence-corrected chi connectivity index (χ0v) is 7.72. The van der Waals surface area contributed by atoms with E-state index >= 15 is 0 Å². The van der Waals surface area contributed by atoms with Gasteiger partial charge in [-0.25, -0.2) is 4.79 Å². The summed E-state index contributed by atoms with van der Waals surface area (Å²) in [5.41, 5.74) is 0.186. The Balaban J connectivity index is 0.000000561. The summed E-state index contributed by atoms with van der Waals surface area (Å²) in [6.07, 6.45) is 1.81. The summed E-state index contributed by atoms with van der Waals surface area (Å²) < 4.78 is 4.62. The van der Waals surface area contributed by atoms with E-state index in [-0.39, 0.29) is 18.0 Å². The van der Waals surface area contributed by atoms with E-state index in [0.717, 1.165) is 0 Å². The quantitative estimate of drug-likeness (QED) is 0.314. The smallest absolute Gasteiger partial charge is 0.341 e. The summed E-state index contributed by atoms with van der Waals surface area (Å²) in [5, 5.41) is 0. The topological polar surface area (TPSA) is 43.4 Å². The number of rotatable bonds is 0. The lowest BCUT2D eigenvalue weighted by Crippen LogP contribution is -2.23. The summed E-state index contributed by atoms with van der Waals surface area (Å²) in [4.78, 5) is 21.6. The summed E-state index contributed by atoms with van der Waals surface area (Å²) >= 11 is 0. The molecular weight excluding hydrogens is 156 g/mol. The molecule has 0 saturated carbocycles. The van der Waals surface area contributed by atoms with Gasteiger partial charge in [0.05, 0.1) is 12.2 Å². The molecule has 1 rings (SSSR count). The highest BCUT2D eigenvalue weighted by Gasteiger charge is 2.23. The van der Waals surface area contributed by atoms with Crippen molar-refractivity contribution in [2.24, 2.45) is 0 Å². The van der Waals surface area contributed by atoms with E-state index in [1.54, 1.807) is 6.92 Å². The maximum Gasteiger partial charge on any atom is 0.341 e. The molecular formula is C9H14O3. The van der Waals surface area contributed by atoms with Crippen LogP contribution in [-0.4, -0.2) is 18.4 Å². The Kier molecular flexibility index (Phi) is 5.00. The number of Topliss-reactive ketones (excluding diaryl/α,β-unsaturated/α-hetero) is 1. The predicted molar refractivity (Wildman–Crippen MR) is 45.7 cm³/mol. The fraction of sp³-hybridized carbons (Fsp3) is 0.556. The molecule has 0 amide bonds. The van der Waals surface area contributed by atoms with E-state index < -0.39 is 5.97 Å². The van der Waals surface area contributed by atoms with Gasteiger partial charge in [0.25, 0.3) is 0 Å². The third-order valence-corrected chi connectivity index (χ3v) is 1.37. The highest BCUT2D eigenvalue weighted by Crippen LogP contribution is 2.09. The van der Waals surface area contributed by atoms with Crippen LogP contribution in [0.15, 0.2) is 11.6 Å². The van der Waals surface area contributed by atoms with Gasteiger partial charge < -0.3 is 4.74 Å². The fourth-order valence-electron chi connectivity index (χ4n) is 0.842. The van der Waals surface area contributed by atoms with Crippen molar-refractivity contribution in [3.63, 3.8) is 0 Å². The SMILES string of the molecule is C/C=C1/C(=O)CCOC1=O.CC. The minimum absolute atomic E-state index is 0.112. The molecule has 0 aromatic carbocycles. The number of hydrogen-bond donors (Lipinski definition) is 0. The van der Waals surface area contributed by atoms with Crippen molar-refractivity contribution in [1.82, 2.24) is 0 Å². The molecule has 0 atom stereocenters. The molecule has 1 saturated heterocycles. The lowest BCUT2D eigenvalue weighted by molar-refractivity contribution is -0.144. The first-order chi connectivity index (χ1) is 5.75. The molecule has 0 aromatic rings. The number of carbonyl (C=O) groups is 2. The zero-order valence-electron chi connectivity index (χ0n) is 7.72. The normalized spacial score (nSPS) is 19.8. The number of ether oxygens (including phenoxy) is 1. The average Bonchev–Trinajstić information content (AvgIpc) is 2.08. The van der Waals surface area contributed by atoms with E-state index in [1.807, 2.05) is 13.8 Å². The van der Waals surface area contributed by atoms with Crippen LogP contribution in [0.1, 0.15) is 27.2 Å². The van der Waals surface area contributed by atoms with Gasteiger partial charge >= 0.3 is 5.97 Å². The third-order valence-electron chi connectivity index (χ3n) is 1.37. The molecule has 0 N–H and O–H groups in total. The lowest BCUT2D eigenvalue weighted by atomic mass is 10.1. The van der Waals surface area contributed by atoms with Gasteiger partial charge in [0.1, 0.15) is 0 Å². The van der Waals surface area contributed by atoms with Crippen molar-refractivity contribution < 1.29 is 14.3 Å². The Labute approximate surface area is 72.4 Å². The summed E-state index contributed by atoms with van der Waals surface area (Å²) in [6.45, 7) is 5.88. The summed E-state index contributed by atoms with van der Waals surface area (Å²) in [7, 11) is 0. The van der Waals surface area contributed by atoms with Gasteiger partial charge in [0.15, 0.2) is 5.78 Å². The Morgan fingerprint density at radius 3 is 2.25 bits per heavy atom. The third kappa shape index (κ3) is 2.49. The van der Waals surface area contributed by atoms with Crippen LogP contribution in [0.3, 0.4) is 0 Å². The Bertz CT molecular complexity index is 186. The second-order valence-electron chi connectivity index (χ2n) is 2.01. The summed E-state index contributed by atoms with van der Waals surface area (Å²) in [5.74, 6) is -0.600. The van der Waals surface area contributed by atoms with Crippen LogP contribution >= 0.6 is 0 Å². The molecule has 0 aromatic heterocycles. The van der Waals surface area contributed by atoms with Gasteiger partial charge in [0, 0.05) is 6.42 Å². The van der Waals surface area contributed by atoms with Crippen LogP contribution in [0.5, 0.6) is 0 Å². The molecule has 0 radical (unpaired) electrons. The minimum Gasteiger partial charge on any atom is -0.462 e. The first-order valence-corrected chi connectivity index (χ1v) is 4.12. The highest BCUT2D eigenvalue weighted by molar-refractivity contribution is 6.18. The minimum atomic E-state index is -0.487. The first kappa shape index (κ1) is 10.9. The largest absolute Gasteiger partial charge is 0.462 e. The number of esters is 1. The van der Waals surface area contributed by atoms with Crippen LogP contribution in [-0.2, 0) is 14.3 Å². The standard InChI is InChI=1S/C7H8O3.C2H6/c1-2-5-6(8)3-4-10-7(5)9;1-2/h2H,3-4H2,1H3;1-2H3/b5-2-;. The van der Waals surface area contributed by atoms with E-state index in [2.05, 4.69) is 4.74 Å². The van der Waals surface area contributed by atoms with Crippen molar-refractivity contribution >= 4 is 11.8 Å². The Morgan fingerprint density at radius 1 is 1.33 bits per heavy atom. The van der Waals surface area contributed by atoms with Crippen LogP contribution in [0.4, 0.5) is 0 Å². The second kappa shape index (κ2) is 5.52. The van der Waals surface area contributed by atoms with Gasteiger partial charge in [-0.15, -0.1) is 0 Å². The van der Waals surface area contributed by atoms with Crippen molar-refractivity contribution in [2.45, 2.75) is 27.2 Å². The molecule has 1 aliphatic heterocycles. The molecule has 3 heteroatoms. The lowest BCUT2D eigenvalue weighted by Gasteiger charge is -2.11. The van der Waals surface area contributed by atoms with Crippen LogP contribution in [0, 0.1) is 0 Å². The maximum atomic E-state index is 10.9. The van der Waals surface area contributed by atoms with Gasteiger partial charge in [-0.2, -0.15) is 0 Å². The van der Waals surface area contributed by atoms with Crippen LogP contribution in [0.2, 0.25) is 0 Å². The van der Waals surface area contributed by atoms with Crippen molar-refractivity contribution in [2.75, 3.05) is 6.61 Å². The van der Waals surface area contributed by atoms with Crippen LogP contribution in [0.25, 0.3) is 0 Å². The number of carbonyl (C=O) groups excluding carboxylic acids is 2. The molecule has 1 fully saturated rings.